The molecule has 380 valence electrons. The van der Waals surface area contributed by atoms with E-state index in [9.17, 15) is 38.2 Å². The van der Waals surface area contributed by atoms with E-state index in [4.69, 9.17) is 9.47 Å². The minimum absolute atomic E-state index is 0.258. The predicted molar refractivity (Wildman–Crippen MR) is 259 cm³/mol. The molecule has 6 N–H and O–H groups in total. The summed E-state index contributed by atoms with van der Waals surface area (Å²) >= 11 is 0. The summed E-state index contributed by atoms with van der Waals surface area (Å²) in [6.45, 7) is 3.41. The molecule has 12 nitrogen and oxygen atoms in total. The average molecular weight is 934 g/mol. The van der Waals surface area contributed by atoms with Crippen molar-refractivity contribution in [1.29, 1.82) is 0 Å². The lowest BCUT2D eigenvalue weighted by Crippen LogP contribution is -2.61. The summed E-state index contributed by atoms with van der Waals surface area (Å²) in [6, 6.07) is -0.938. The monoisotopic (exact) mass is 934 g/mol. The standard InChI is InChI=1S/C51H99NO11S/c1-3-5-7-9-11-13-15-17-19-20-21-22-23-24-25-26-27-29-31-33-35-37-39-41-47(55)52-44(43-61-51-49(57)50(63-64(58,59)60)48(56)46(42-53)62-51)45(54)40-38-36-34-32-30-28-18-16-14-12-10-8-6-4-2/h38,40,44-46,48-51,53-54,56-57H,3-37,39,41-43H2,1-2H3,(H,52,55)(H,58,59,60)/b40-38+. The van der Waals surface area contributed by atoms with E-state index in [2.05, 4.69) is 23.3 Å². The molecule has 0 radical (unpaired) electrons. The Morgan fingerprint density at radius 1 is 0.609 bits per heavy atom. The van der Waals surface area contributed by atoms with Crippen molar-refractivity contribution in [2.24, 2.45) is 0 Å². The third-order valence-corrected chi connectivity index (χ3v) is 13.3. The predicted octanol–water partition coefficient (Wildman–Crippen LogP) is 11.5. The van der Waals surface area contributed by atoms with Gasteiger partial charge in [0.1, 0.15) is 24.4 Å². The highest BCUT2D eigenvalue weighted by Crippen LogP contribution is 2.26. The molecule has 0 spiro atoms. The largest absolute Gasteiger partial charge is 0.397 e. The molecule has 1 rings (SSSR count). The van der Waals surface area contributed by atoms with Crippen LogP contribution in [0.15, 0.2) is 12.2 Å². The number of allylic oxidation sites excluding steroid dienone is 1. The van der Waals surface area contributed by atoms with Gasteiger partial charge in [-0.3, -0.25) is 9.35 Å². The van der Waals surface area contributed by atoms with Gasteiger partial charge >= 0.3 is 10.4 Å². The van der Waals surface area contributed by atoms with E-state index in [1.165, 1.54) is 186 Å². The van der Waals surface area contributed by atoms with E-state index in [0.717, 1.165) is 38.5 Å². The number of hydrogen-bond donors (Lipinski definition) is 6. The third kappa shape index (κ3) is 34.2. The summed E-state index contributed by atoms with van der Waals surface area (Å²) in [5.41, 5.74) is 0. The molecule has 1 heterocycles. The van der Waals surface area contributed by atoms with Gasteiger partial charge in [-0.25, -0.2) is 4.18 Å². The molecular weight excluding hydrogens is 835 g/mol. The van der Waals surface area contributed by atoms with Crippen molar-refractivity contribution in [3.8, 4) is 0 Å². The molecule has 0 bridgehead atoms. The highest BCUT2D eigenvalue weighted by molar-refractivity contribution is 7.80. The van der Waals surface area contributed by atoms with Crippen LogP contribution in [0.25, 0.3) is 0 Å². The van der Waals surface area contributed by atoms with E-state index >= 15 is 0 Å². The van der Waals surface area contributed by atoms with Gasteiger partial charge in [0, 0.05) is 6.42 Å². The number of aliphatic hydroxyl groups excluding tert-OH is 4. The second-order valence-electron chi connectivity index (χ2n) is 18.8. The summed E-state index contributed by atoms with van der Waals surface area (Å²) in [5.74, 6) is -0.258. The van der Waals surface area contributed by atoms with Gasteiger partial charge < -0.3 is 35.2 Å². The van der Waals surface area contributed by atoms with Crippen LogP contribution in [0.5, 0.6) is 0 Å². The number of amides is 1. The summed E-state index contributed by atoms with van der Waals surface area (Å²) in [5, 5.41) is 44.8. The first-order valence-corrected chi connectivity index (χ1v) is 27.9. The number of rotatable bonds is 46. The Bertz CT molecular complexity index is 1190. The first-order chi connectivity index (χ1) is 31.0. The molecule has 0 aliphatic carbocycles. The molecule has 0 saturated carbocycles. The van der Waals surface area contributed by atoms with Crippen LogP contribution < -0.4 is 5.32 Å². The number of carbonyl (C=O) groups is 1. The van der Waals surface area contributed by atoms with Gasteiger partial charge in [-0.05, 0) is 19.3 Å². The van der Waals surface area contributed by atoms with E-state index in [1.54, 1.807) is 6.08 Å². The number of hydrogen-bond acceptors (Lipinski definition) is 10. The summed E-state index contributed by atoms with van der Waals surface area (Å²) in [7, 11) is -5.08. The molecule has 1 aliphatic heterocycles. The molecule has 1 fully saturated rings. The Labute approximate surface area is 391 Å². The number of carbonyl (C=O) groups excluding carboxylic acids is 1. The fraction of sp³-hybridized carbons (Fsp3) is 0.941. The Balaban J connectivity index is 2.38. The maximum atomic E-state index is 13.1. The van der Waals surface area contributed by atoms with E-state index in [-0.39, 0.29) is 18.9 Å². The number of nitrogens with one attached hydrogen (secondary N) is 1. The highest BCUT2D eigenvalue weighted by atomic mass is 32.3. The minimum atomic E-state index is -5.08. The molecule has 1 amide bonds. The second kappa shape index (κ2) is 42.0. The van der Waals surface area contributed by atoms with Crippen molar-refractivity contribution in [3.63, 3.8) is 0 Å². The zero-order chi connectivity index (χ0) is 46.9. The smallest absolute Gasteiger partial charge is 0.394 e. The molecule has 7 atom stereocenters. The Kier molecular flexibility index (Phi) is 39.9. The zero-order valence-corrected chi connectivity index (χ0v) is 41.7. The van der Waals surface area contributed by atoms with Crippen LogP contribution in [0.4, 0.5) is 0 Å². The maximum Gasteiger partial charge on any atom is 0.397 e. The van der Waals surface area contributed by atoms with Crippen molar-refractivity contribution in [2.75, 3.05) is 13.2 Å². The van der Waals surface area contributed by atoms with Crippen LogP contribution in [0, 0.1) is 0 Å². The van der Waals surface area contributed by atoms with Crippen LogP contribution >= 0.6 is 0 Å². The Morgan fingerprint density at radius 2 is 0.984 bits per heavy atom. The average Bonchev–Trinajstić information content (AvgIpc) is 3.27. The van der Waals surface area contributed by atoms with Crippen molar-refractivity contribution < 1.29 is 51.8 Å². The fourth-order valence-corrected chi connectivity index (χ4v) is 9.20. The van der Waals surface area contributed by atoms with Crippen LogP contribution in [0.1, 0.15) is 251 Å². The normalized spacial score (nSPS) is 20.3. The lowest BCUT2D eigenvalue weighted by molar-refractivity contribution is -0.298. The van der Waals surface area contributed by atoms with Gasteiger partial charge in [-0.15, -0.1) is 0 Å². The quantitative estimate of drug-likeness (QED) is 0.0193. The van der Waals surface area contributed by atoms with Gasteiger partial charge in [0.2, 0.25) is 5.91 Å². The molecule has 7 unspecified atom stereocenters. The van der Waals surface area contributed by atoms with Crippen molar-refractivity contribution in [2.45, 2.75) is 294 Å². The van der Waals surface area contributed by atoms with Gasteiger partial charge in [0.25, 0.3) is 0 Å². The van der Waals surface area contributed by atoms with Crippen LogP contribution in [-0.4, -0.2) is 95.4 Å². The summed E-state index contributed by atoms with van der Waals surface area (Å²) in [4.78, 5) is 13.1. The van der Waals surface area contributed by atoms with Gasteiger partial charge in [-0.1, -0.05) is 238 Å². The van der Waals surface area contributed by atoms with Crippen molar-refractivity contribution in [1.82, 2.24) is 5.32 Å². The Hall–Kier alpha value is -1.16. The van der Waals surface area contributed by atoms with Crippen molar-refractivity contribution >= 4 is 16.3 Å². The van der Waals surface area contributed by atoms with E-state index < -0.39 is 59.9 Å². The lowest BCUT2D eigenvalue weighted by atomic mass is 9.99. The lowest BCUT2D eigenvalue weighted by Gasteiger charge is -2.41. The molecule has 1 saturated heterocycles. The topological polar surface area (TPSA) is 192 Å². The highest BCUT2D eigenvalue weighted by Gasteiger charge is 2.48. The molecule has 0 aromatic heterocycles. The van der Waals surface area contributed by atoms with Gasteiger partial charge in [0.05, 0.1) is 25.4 Å². The number of aliphatic hydroxyl groups is 4. The molecule has 1 aliphatic rings. The Morgan fingerprint density at radius 3 is 1.36 bits per heavy atom. The van der Waals surface area contributed by atoms with Gasteiger partial charge in [0.15, 0.2) is 6.29 Å². The van der Waals surface area contributed by atoms with E-state index in [1.807, 2.05) is 6.08 Å². The van der Waals surface area contributed by atoms with Crippen molar-refractivity contribution in [3.05, 3.63) is 12.2 Å². The fourth-order valence-electron chi connectivity index (χ4n) is 8.69. The van der Waals surface area contributed by atoms with Gasteiger partial charge in [-0.2, -0.15) is 8.42 Å². The molecular formula is C51H99NO11S. The molecule has 64 heavy (non-hydrogen) atoms. The number of unbranched alkanes of at least 4 members (excludes halogenated alkanes) is 34. The van der Waals surface area contributed by atoms with Crippen LogP contribution in [0.3, 0.4) is 0 Å². The number of ether oxygens (including phenoxy) is 2. The molecule has 13 heteroatoms. The van der Waals surface area contributed by atoms with Crippen LogP contribution in [-0.2, 0) is 28.9 Å². The summed E-state index contributed by atoms with van der Waals surface area (Å²) < 4.78 is 47.7. The first kappa shape index (κ1) is 60.9. The maximum absolute atomic E-state index is 13.1. The molecule has 0 aromatic rings. The second-order valence-corrected chi connectivity index (χ2v) is 19.9. The SMILES string of the molecule is CCCCCCCCCCCCCC/C=C/C(O)C(COC1OC(CO)C(O)C(OS(=O)(=O)O)C1O)NC(=O)CCCCCCCCCCCCCCCCCCCCCCCCC. The third-order valence-electron chi connectivity index (χ3n) is 12.8. The molecule has 0 aromatic carbocycles. The first-order valence-electron chi connectivity index (χ1n) is 26.6. The zero-order valence-electron chi connectivity index (χ0n) is 40.9. The van der Waals surface area contributed by atoms with E-state index in [0.29, 0.717) is 6.42 Å². The van der Waals surface area contributed by atoms with Crippen LogP contribution in [0.2, 0.25) is 0 Å². The summed E-state index contributed by atoms with van der Waals surface area (Å²) in [6.07, 6.45) is 39.7. The minimum Gasteiger partial charge on any atom is -0.394 e.